The van der Waals surface area contributed by atoms with E-state index in [2.05, 4.69) is 15.4 Å². The molecule has 1 fully saturated rings. The molecule has 0 radical (unpaired) electrons. The molecular weight excluding hydrogens is 370 g/mol. The lowest BCUT2D eigenvalue weighted by atomic mass is 10.1. The first-order chi connectivity index (χ1) is 13.5. The summed E-state index contributed by atoms with van der Waals surface area (Å²) < 4.78 is 34.5. The molecule has 1 aliphatic carbocycles. The average Bonchev–Trinajstić information content (AvgIpc) is 3.20. The van der Waals surface area contributed by atoms with Gasteiger partial charge in [-0.15, -0.1) is 0 Å². The van der Waals surface area contributed by atoms with Gasteiger partial charge in [0.05, 0.1) is 6.61 Å². The van der Waals surface area contributed by atoms with Gasteiger partial charge in [-0.3, -0.25) is 9.59 Å². The molecule has 0 atom stereocenters. The zero-order chi connectivity index (χ0) is 20.4. The molecule has 1 aromatic carbocycles. The maximum absolute atomic E-state index is 12.4. The van der Waals surface area contributed by atoms with Gasteiger partial charge < -0.3 is 20.1 Å². The fourth-order valence-electron chi connectivity index (χ4n) is 3.02. The highest BCUT2D eigenvalue weighted by molar-refractivity contribution is 5.91. The molecule has 1 aromatic rings. The predicted molar refractivity (Wildman–Crippen MR) is 101 cm³/mol. The molecule has 2 amide bonds. The second-order valence-corrected chi connectivity index (χ2v) is 6.41. The molecule has 0 spiro atoms. The van der Waals surface area contributed by atoms with Crippen molar-refractivity contribution >= 4 is 17.9 Å². The Bertz CT molecular complexity index is 689. The number of halogens is 2. The Balaban J connectivity index is 1.79. The van der Waals surface area contributed by atoms with Crippen LogP contribution in [-0.4, -0.2) is 38.1 Å². The van der Waals surface area contributed by atoms with Crippen LogP contribution in [0.4, 0.5) is 8.78 Å². The number of rotatable bonds is 10. The lowest BCUT2D eigenvalue weighted by molar-refractivity contribution is -0.125. The van der Waals surface area contributed by atoms with Gasteiger partial charge in [0, 0.05) is 25.1 Å². The van der Waals surface area contributed by atoms with Crippen molar-refractivity contribution in [2.75, 3.05) is 19.7 Å². The van der Waals surface area contributed by atoms with Gasteiger partial charge in [-0.05, 0) is 43.5 Å². The quantitative estimate of drug-likeness (QED) is 0.471. The van der Waals surface area contributed by atoms with E-state index in [1.165, 1.54) is 18.2 Å². The molecule has 2 N–H and O–H groups in total. The molecule has 0 saturated heterocycles. The van der Waals surface area contributed by atoms with Gasteiger partial charge in [0.1, 0.15) is 0 Å². The Morgan fingerprint density at radius 1 is 1.18 bits per heavy atom. The Labute approximate surface area is 163 Å². The molecule has 2 rings (SSSR count). The summed E-state index contributed by atoms with van der Waals surface area (Å²) in [6.45, 7) is -0.218. The summed E-state index contributed by atoms with van der Waals surface area (Å²) in [5, 5.41) is 5.51. The van der Waals surface area contributed by atoms with Gasteiger partial charge in [-0.25, -0.2) is 0 Å². The number of hydrogen-bond acceptors (Lipinski definition) is 4. The van der Waals surface area contributed by atoms with Crippen LogP contribution in [0.3, 0.4) is 0 Å². The molecule has 0 aliphatic heterocycles. The minimum Gasteiger partial charge on any atom is -0.490 e. The molecule has 8 heteroatoms. The zero-order valence-corrected chi connectivity index (χ0v) is 15.9. The first-order valence-electron chi connectivity index (χ1n) is 9.45. The number of ether oxygens (including phenoxy) is 2. The van der Waals surface area contributed by atoms with Crippen molar-refractivity contribution < 1.29 is 27.8 Å². The maximum atomic E-state index is 12.4. The summed E-state index contributed by atoms with van der Waals surface area (Å²) in [5.74, 6) is -0.0403. The van der Waals surface area contributed by atoms with Crippen molar-refractivity contribution in [3.8, 4) is 11.5 Å². The minimum absolute atomic E-state index is 0.0526. The third-order valence-corrected chi connectivity index (χ3v) is 4.36. The monoisotopic (exact) mass is 396 g/mol. The van der Waals surface area contributed by atoms with Gasteiger partial charge in [-0.2, -0.15) is 8.78 Å². The fourth-order valence-corrected chi connectivity index (χ4v) is 3.02. The summed E-state index contributed by atoms with van der Waals surface area (Å²) in [6, 6.07) is 4.44. The van der Waals surface area contributed by atoms with Crippen LogP contribution in [0.1, 0.15) is 38.2 Å². The van der Waals surface area contributed by atoms with Crippen molar-refractivity contribution in [3.63, 3.8) is 0 Å². The molecule has 1 saturated carbocycles. The van der Waals surface area contributed by atoms with Gasteiger partial charge >= 0.3 is 6.61 Å². The largest absolute Gasteiger partial charge is 0.490 e. The second kappa shape index (κ2) is 11.3. The van der Waals surface area contributed by atoms with E-state index in [4.69, 9.17) is 4.74 Å². The lowest BCUT2D eigenvalue weighted by Gasteiger charge is -2.11. The van der Waals surface area contributed by atoms with Crippen LogP contribution in [0, 0.1) is 5.92 Å². The molecule has 0 aromatic heterocycles. The van der Waals surface area contributed by atoms with Crippen LogP contribution in [-0.2, 0) is 9.59 Å². The standard InChI is InChI=1S/C20H26F2N2O4/c1-2-27-17-13-14(7-9-16(17)28-20(21)22)8-10-18(25)23-11-12-24-19(26)15-5-3-4-6-15/h7-10,13,15,20H,2-6,11-12H2,1H3,(H,23,25)(H,24,26)/b10-8+. The second-order valence-electron chi connectivity index (χ2n) is 6.41. The molecule has 0 heterocycles. The third kappa shape index (κ3) is 7.17. The van der Waals surface area contributed by atoms with E-state index in [1.54, 1.807) is 19.1 Å². The van der Waals surface area contributed by atoms with Crippen LogP contribution < -0.4 is 20.1 Å². The van der Waals surface area contributed by atoms with E-state index in [0.29, 0.717) is 25.3 Å². The van der Waals surface area contributed by atoms with Crippen LogP contribution in [0.25, 0.3) is 6.08 Å². The fraction of sp³-hybridized carbons (Fsp3) is 0.500. The van der Waals surface area contributed by atoms with Crippen molar-refractivity contribution in [2.45, 2.75) is 39.2 Å². The number of carbonyl (C=O) groups is 2. The smallest absolute Gasteiger partial charge is 0.387 e. The van der Waals surface area contributed by atoms with Crippen molar-refractivity contribution in [1.82, 2.24) is 10.6 Å². The van der Waals surface area contributed by atoms with Crippen LogP contribution >= 0.6 is 0 Å². The molecule has 0 unspecified atom stereocenters. The topological polar surface area (TPSA) is 76.7 Å². The summed E-state index contributed by atoms with van der Waals surface area (Å²) in [4.78, 5) is 23.7. The number of amides is 2. The first-order valence-corrected chi connectivity index (χ1v) is 9.45. The Hall–Kier alpha value is -2.64. The van der Waals surface area contributed by atoms with Gasteiger partial charge in [0.15, 0.2) is 11.5 Å². The van der Waals surface area contributed by atoms with Gasteiger partial charge in [-0.1, -0.05) is 18.9 Å². The molecular formula is C20H26F2N2O4. The maximum Gasteiger partial charge on any atom is 0.387 e. The minimum atomic E-state index is -2.94. The van der Waals surface area contributed by atoms with E-state index < -0.39 is 6.61 Å². The number of carbonyl (C=O) groups excluding carboxylic acids is 2. The number of nitrogens with one attached hydrogen (secondary N) is 2. The SMILES string of the molecule is CCOc1cc(/C=C/C(=O)NCCNC(=O)C2CCCC2)ccc1OC(F)F. The van der Waals surface area contributed by atoms with E-state index in [9.17, 15) is 18.4 Å². The van der Waals surface area contributed by atoms with Crippen LogP contribution in [0.15, 0.2) is 24.3 Å². The van der Waals surface area contributed by atoms with E-state index >= 15 is 0 Å². The third-order valence-electron chi connectivity index (χ3n) is 4.36. The zero-order valence-electron chi connectivity index (χ0n) is 15.9. The Kier molecular flexibility index (Phi) is 8.71. The molecule has 28 heavy (non-hydrogen) atoms. The summed E-state index contributed by atoms with van der Waals surface area (Å²) in [6.07, 6.45) is 6.94. The summed E-state index contributed by atoms with van der Waals surface area (Å²) in [5.41, 5.74) is 0.606. The van der Waals surface area contributed by atoms with Crippen molar-refractivity contribution in [1.29, 1.82) is 0 Å². The van der Waals surface area contributed by atoms with Gasteiger partial charge in [0.25, 0.3) is 0 Å². The number of benzene rings is 1. The highest BCUT2D eigenvalue weighted by atomic mass is 19.3. The van der Waals surface area contributed by atoms with Crippen molar-refractivity contribution in [2.24, 2.45) is 5.92 Å². The highest BCUT2D eigenvalue weighted by Gasteiger charge is 2.21. The normalized spacial score (nSPS) is 14.4. The molecule has 1 aliphatic rings. The Morgan fingerprint density at radius 3 is 2.57 bits per heavy atom. The van der Waals surface area contributed by atoms with Crippen LogP contribution in [0.5, 0.6) is 11.5 Å². The van der Waals surface area contributed by atoms with E-state index in [-0.39, 0.29) is 29.2 Å². The molecule has 154 valence electrons. The number of hydrogen-bond donors (Lipinski definition) is 2. The van der Waals surface area contributed by atoms with Crippen molar-refractivity contribution in [3.05, 3.63) is 29.8 Å². The summed E-state index contributed by atoms with van der Waals surface area (Å²) >= 11 is 0. The summed E-state index contributed by atoms with van der Waals surface area (Å²) in [7, 11) is 0. The van der Waals surface area contributed by atoms with E-state index in [0.717, 1.165) is 25.7 Å². The molecule has 0 bridgehead atoms. The Morgan fingerprint density at radius 2 is 1.89 bits per heavy atom. The number of alkyl halides is 2. The first kappa shape index (κ1) is 21.7. The highest BCUT2D eigenvalue weighted by Crippen LogP contribution is 2.30. The van der Waals surface area contributed by atoms with Crippen LogP contribution in [0.2, 0.25) is 0 Å². The molecule has 6 nitrogen and oxygen atoms in total. The van der Waals surface area contributed by atoms with Gasteiger partial charge in [0.2, 0.25) is 11.8 Å². The lowest BCUT2D eigenvalue weighted by Crippen LogP contribution is -2.36. The van der Waals surface area contributed by atoms with E-state index in [1.807, 2.05) is 0 Å². The predicted octanol–water partition coefficient (Wildman–Crippen LogP) is 3.12. The average molecular weight is 396 g/mol.